The second kappa shape index (κ2) is 5.48. The van der Waals surface area contributed by atoms with Gasteiger partial charge in [0.05, 0.1) is 0 Å². The zero-order chi connectivity index (χ0) is 13.8. The number of nitrogens with zero attached hydrogens (tertiary/aromatic N) is 1. The Kier molecular flexibility index (Phi) is 3.76. The highest BCUT2D eigenvalue weighted by Crippen LogP contribution is 2.11. The molecule has 0 radical (unpaired) electrons. The highest BCUT2D eigenvalue weighted by Gasteiger charge is 2.16. The van der Waals surface area contributed by atoms with Crippen LogP contribution < -0.4 is 0 Å². The lowest BCUT2D eigenvalue weighted by molar-refractivity contribution is 0.106. The first kappa shape index (κ1) is 13.0. The molecule has 0 spiro atoms. The Hall–Kier alpha value is -2.42. The molecule has 3 heteroatoms. The van der Waals surface area contributed by atoms with Gasteiger partial charge in [0.15, 0.2) is 5.71 Å². The van der Waals surface area contributed by atoms with Gasteiger partial charge in [-0.2, -0.15) is 0 Å². The summed E-state index contributed by atoms with van der Waals surface area (Å²) in [5, 5.41) is 12.3. The SMILES string of the molecule is Cc1ccc(C(=O)/C(=N/O)c2cccc(C)c2)cc1. The molecule has 0 aliphatic carbocycles. The molecule has 0 bridgehead atoms. The standard InChI is InChI=1S/C16H15NO2/c1-11-6-8-13(9-7-11)16(18)15(17-19)14-5-3-4-12(2)10-14/h3-10,19H,1-2H3/b17-15+. The van der Waals surface area contributed by atoms with Crippen molar-refractivity contribution in [2.45, 2.75) is 13.8 Å². The molecule has 0 fully saturated rings. The Labute approximate surface area is 112 Å². The number of carbonyl (C=O) groups is 1. The first-order valence-electron chi connectivity index (χ1n) is 6.02. The van der Waals surface area contributed by atoms with Gasteiger partial charge in [-0.25, -0.2) is 0 Å². The normalized spacial score (nSPS) is 11.4. The largest absolute Gasteiger partial charge is 0.410 e. The summed E-state index contributed by atoms with van der Waals surface area (Å²) in [7, 11) is 0. The van der Waals surface area contributed by atoms with Gasteiger partial charge in [-0.1, -0.05) is 58.7 Å². The molecule has 0 aromatic heterocycles. The minimum absolute atomic E-state index is 0.0625. The topological polar surface area (TPSA) is 49.7 Å². The van der Waals surface area contributed by atoms with E-state index in [1.165, 1.54) is 0 Å². The van der Waals surface area contributed by atoms with Gasteiger partial charge < -0.3 is 5.21 Å². The molecule has 0 saturated carbocycles. The average Bonchev–Trinajstić information content (AvgIpc) is 2.40. The molecule has 96 valence electrons. The van der Waals surface area contributed by atoms with E-state index in [0.717, 1.165) is 11.1 Å². The predicted octanol–water partition coefficient (Wildman–Crippen LogP) is 3.36. The van der Waals surface area contributed by atoms with Crippen LogP contribution in [0.25, 0.3) is 0 Å². The second-order valence-corrected chi connectivity index (χ2v) is 4.51. The lowest BCUT2D eigenvalue weighted by Gasteiger charge is -2.05. The van der Waals surface area contributed by atoms with E-state index in [-0.39, 0.29) is 11.5 Å². The predicted molar refractivity (Wildman–Crippen MR) is 75.0 cm³/mol. The Morgan fingerprint density at radius 3 is 2.21 bits per heavy atom. The van der Waals surface area contributed by atoms with Gasteiger partial charge >= 0.3 is 0 Å². The quantitative estimate of drug-likeness (QED) is 0.394. The molecule has 0 aliphatic heterocycles. The third kappa shape index (κ3) is 2.88. The van der Waals surface area contributed by atoms with Crippen molar-refractivity contribution in [3.63, 3.8) is 0 Å². The van der Waals surface area contributed by atoms with Crippen molar-refractivity contribution in [1.82, 2.24) is 0 Å². The fourth-order valence-electron chi connectivity index (χ4n) is 1.87. The molecule has 2 rings (SSSR count). The van der Waals surface area contributed by atoms with Gasteiger partial charge in [0.1, 0.15) is 0 Å². The van der Waals surface area contributed by atoms with Crippen molar-refractivity contribution in [2.24, 2.45) is 5.16 Å². The number of hydrogen-bond acceptors (Lipinski definition) is 3. The third-order valence-corrected chi connectivity index (χ3v) is 2.92. The zero-order valence-electron chi connectivity index (χ0n) is 10.9. The van der Waals surface area contributed by atoms with Crippen LogP contribution in [0, 0.1) is 13.8 Å². The number of hydrogen-bond donors (Lipinski definition) is 1. The van der Waals surface area contributed by atoms with Gasteiger partial charge in [0, 0.05) is 11.1 Å². The van der Waals surface area contributed by atoms with Crippen molar-refractivity contribution < 1.29 is 10.0 Å². The summed E-state index contributed by atoms with van der Waals surface area (Å²) in [6.45, 7) is 3.88. The minimum Gasteiger partial charge on any atom is -0.410 e. The Morgan fingerprint density at radius 2 is 1.63 bits per heavy atom. The molecule has 2 aromatic carbocycles. The summed E-state index contributed by atoms with van der Waals surface area (Å²) in [6.07, 6.45) is 0. The van der Waals surface area contributed by atoms with Crippen LogP contribution in [0.2, 0.25) is 0 Å². The number of oxime groups is 1. The molecule has 3 nitrogen and oxygen atoms in total. The van der Waals surface area contributed by atoms with Crippen LogP contribution in [0.3, 0.4) is 0 Å². The fourth-order valence-corrected chi connectivity index (χ4v) is 1.87. The molecule has 19 heavy (non-hydrogen) atoms. The average molecular weight is 253 g/mol. The maximum atomic E-state index is 12.3. The van der Waals surface area contributed by atoms with E-state index in [1.54, 1.807) is 18.2 Å². The molecule has 2 aromatic rings. The van der Waals surface area contributed by atoms with E-state index in [9.17, 15) is 4.79 Å². The van der Waals surface area contributed by atoms with Crippen LogP contribution in [0.1, 0.15) is 27.0 Å². The first-order chi connectivity index (χ1) is 9.11. The Bertz CT molecular complexity index is 627. The number of carbonyl (C=O) groups excluding carboxylic acids is 1. The lowest BCUT2D eigenvalue weighted by atomic mass is 9.99. The summed E-state index contributed by atoms with van der Waals surface area (Å²) in [5.41, 5.74) is 3.28. The van der Waals surface area contributed by atoms with E-state index in [1.807, 2.05) is 44.2 Å². The Balaban J connectivity index is 2.38. The highest BCUT2D eigenvalue weighted by molar-refractivity contribution is 6.51. The zero-order valence-corrected chi connectivity index (χ0v) is 10.9. The second-order valence-electron chi connectivity index (χ2n) is 4.51. The molecule has 0 atom stereocenters. The fraction of sp³-hybridized carbons (Fsp3) is 0.125. The van der Waals surface area contributed by atoms with Crippen molar-refractivity contribution >= 4 is 11.5 Å². The first-order valence-corrected chi connectivity index (χ1v) is 6.02. The monoisotopic (exact) mass is 253 g/mol. The van der Waals surface area contributed by atoms with Crippen molar-refractivity contribution in [3.8, 4) is 0 Å². The van der Waals surface area contributed by atoms with Crippen LogP contribution in [0.15, 0.2) is 53.7 Å². The van der Waals surface area contributed by atoms with Crippen molar-refractivity contribution in [2.75, 3.05) is 0 Å². The number of ketones is 1. The van der Waals surface area contributed by atoms with Crippen LogP contribution >= 0.6 is 0 Å². The highest BCUT2D eigenvalue weighted by atomic mass is 16.4. The van der Waals surface area contributed by atoms with Gasteiger partial charge in [0.2, 0.25) is 5.78 Å². The molecule has 0 amide bonds. The molecular weight excluding hydrogens is 238 g/mol. The maximum absolute atomic E-state index is 12.3. The summed E-state index contributed by atoms with van der Waals surface area (Å²) >= 11 is 0. The van der Waals surface area contributed by atoms with Crippen molar-refractivity contribution in [1.29, 1.82) is 0 Å². The third-order valence-electron chi connectivity index (χ3n) is 2.92. The number of rotatable bonds is 3. The smallest absolute Gasteiger partial charge is 0.215 e. The van der Waals surface area contributed by atoms with E-state index in [0.29, 0.717) is 11.1 Å². The summed E-state index contributed by atoms with van der Waals surface area (Å²) < 4.78 is 0. The molecular formula is C16H15NO2. The summed E-state index contributed by atoms with van der Waals surface area (Å²) in [6, 6.07) is 14.5. The molecule has 0 aliphatic rings. The summed E-state index contributed by atoms with van der Waals surface area (Å²) in [5.74, 6) is -0.284. The van der Waals surface area contributed by atoms with E-state index < -0.39 is 0 Å². The van der Waals surface area contributed by atoms with Gasteiger partial charge in [-0.05, 0) is 19.9 Å². The number of Topliss-reactive ketones (excluding diaryl/α,β-unsaturated/α-hetero) is 1. The van der Waals surface area contributed by atoms with Gasteiger partial charge in [0.25, 0.3) is 0 Å². The minimum atomic E-state index is -0.284. The van der Waals surface area contributed by atoms with Gasteiger partial charge in [-0.3, -0.25) is 4.79 Å². The van der Waals surface area contributed by atoms with Crippen LogP contribution in [-0.4, -0.2) is 16.7 Å². The van der Waals surface area contributed by atoms with E-state index >= 15 is 0 Å². The van der Waals surface area contributed by atoms with Crippen LogP contribution in [0.4, 0.5) is 0 Å². The van der Waals surface area contributed by atoms with E-state index in [2.05, 4.69) is 5.16 Å². The van der Waals surface area contributed by atoms with Crippen molar-refractivity contribution in [3.05, 3.63) is 70.8 Å². The molecule has 0 heterocycles. The van der Waals surface area contributed by atoms with E-state index in [4.69, 9.17) is 5.21 Å². The maximum Gasteiger partial charge on any atom is 0.215 e. The number of benzene rings is 2. The number of aryl methyl sites for hydroxylation is 2. The molecule has 0 saturated heterocycles. The summed E-state index contributed by atoms with van der Waals surface area (Å²) in [4.78, 5) is 12.3. The van der Waals surface area contributed by atoms with Gasteiger partial charge in [-0.15, -0.1) is 0 Å². The molecule has 1 N–H and O–H groups in total. The van der Waals surface area contributed by atoms with Crippen LogP contribution in [0.5, 0.6) is 0 Å². The Morgan fingerprint density at radius 1 is 0.947 bits per heavy atom. The van der Waals surface area contributed by atoms with Crippen LogP contribution in [-0.2, 0) is 0 Å². The molecule has 0 unspecified atom stereocenters. The lowest BCUT2D eigenvalue weighted by Crippen LogP contribution is -2.16.